The quantitative estimate of drug-likeness (QED) is 0.857. The highest BCUT2D eigenvalue weighted by Gasteiger charge is 2.09. The third kappa shape index (κ3) is 3.13. The van der Waals surface area contributed by atoms with E-state index in [9.17, 15) is 0 Å². The van der Waals surface area contributed by atoms with Gasteiger partial charge in [0.2, 0.25) is 0 Å². The summed E-state index contributed by atoms with van der Waals surface area (Å²) in [6, 6.07) is 7.26. The second-order valence-electron chi connectivity index (χ2n) is 3.49. The average Bonchev–Trinajstić information content (AvgIpc) is 2.29. The van der Waals surface area contributed by atoms with Crippen LogP contribution in [0.4, 0.5) is 5.69 Å². The molecule has 0 saturated heterocycles. The van der Waals surface area contributed by atoms with E-state index < -0.39 is 0 Å². The molecule has 1 aromatic carbocycles. The largest absolute Gasteiger partial charge is 0.395 e. The van der Waals surface area contributed by atoms with Crippen LogP contribution in [-0.2, 0) is 0 Å². The van der Waals surface area contributed by atoms with E-state index in [-0.39, 0.29) is 6.61 Å². The lowest BCUT2D eigenvalue weighted by Crippen LogP contribution is -2.27. The number of aliphatic hydroxyl groups excluding tert-OH is 1. The van der Waals surface area contributed by atoms with Crippen molar-refractivity contribution in [3.05, 3.63) is 28.8 Å². The number of anilines is 1. The van der Waals surface area contributed by atoms with E-state index in [1.54, 1.807) is 12.1 Å². The molecule has 0 saturated carbocycles. The molecule has 0 aliphatic heterocycles. The van der Waals surface area contributed by atoms with Gasteiger partial charge in [-0.1, -0.05) is 18.5 Å². The van der Waals surface area contributed by atoms with Crippen molar-refractivity contribution in [3.63, 3.8) is 0 Å². The molecule has 0 aromatic heterocycles. The molecule has 16 heavy (non-hydrogen) atoms. The molecular weight excluding hydrogens is 224 g/mol. The maximum atomic E-state index is 8.98. The van der Waals surface area contributed by atoms with Gasteiger partial charge in [0.15, 0.2) is 0 Å². The lowest BCUT2D eigenvalue weighted by atomic mass is 10.2. The first-order valence-electron chi connectivity index (χ1n) is 5.28. The third-order valence-electron chi connectivity index (χ3n) is 2.28. The van der Waals surface area contributed by atoms with E-state index in [4.69, 9.17) is 22.0 Å². The van der Waals surface area contributed by atoms with Crippen LogP contribution in [0.3, 0.4) is 0 Å². The van der Waals surface area contributed by atoms with Gasteiger partial charge in [-0.2, -0.15) is 5.26 Å². The Kier molecular flexibility index (Phi) is 5.10. The Balaban J connectivity index is 2.96. The van der Waals surface area contributed by atoms with E-state index in [2.05, 4.69) is 6.92 Å². The molecule has 0 bridgehead atoms. The fourth-order valence-electron chi connectivity index (χ4n) is 1.58. The number of nitrogens with zero attached hydrogens (tertiary/aromatic N) is 2. The second kappa shape index (κ2) is 6.37. The second-order valence-corrected chi connectivity index (χ2v) is 3.90. The van der Waals surface area contributed by atoms with E-state index in [0.717, 1.165) is 18.7 Å². The Hall–Kier alpha value is -1.24. The van der Waals surface area contributed by atoms with Gasteiger partial charge >= 0.3 is 0 Å². The first kappa shape index (κ1) is 12.8. The molecule has 1 N–H and O–H groups in total. The van der Waals surface area contributed by atoms with Crippen molar-refractivity contribution in [3.8, 4) is 6.07 Å². The zero-order valence-electron chi connectivity index (χ0n) is 9.28. The summed E-state index contributed by atoms with van der Waals surface area (Å²) in [6.45, 7) is 3.56. The number of rotatable bonds is 5. The summed E-state index contributed by atoms with van der Waals surface area (Å²) < 4.78 is 0. The van der Waals surface area contributed by atoms with E-state index in [1.165, 1.54) is 0 Å². The van der Waals surface area contributed by atoms with E-state index in [1.807, 2.05) is 17.0 Å². The highest BCUT2D eigenvalue weighted by Crippen LogP contribution is 2.26. The molecule has 1 rings (SSSR count). The normalized spacial score (nSPS) is 9.88. The minimum atomic E-state index is 0.0936. The number of aliphatic hydroxyl groups is 1. The highest BCUT2D eigenvalue weighted by molar-refractivity contribution is 6.33. The van der Waals surface area contributed by atoms with E-state index in [0.29, 0.717) is 17.1 Å². The fourth-order valence-corrected chi connectivity index (χ4v) is 1.88. The number of halogens is 1. The summed E-state index contributed by atoms with van der Waals surface area (Å²) >= 11 is 6.10. The van der Waals surface area contributed by atoms with E-state index >= 15 is 0 Å². The molecule has 0 amide bonds. The smallest absolute Gasteiger partial charge is 0.0992 e. The van der Waals surface area contributed by atoms with Crippen LogP contribution in [0.15, 0.2) is 18.2 Å². The highest BCUT2D eigenvalue weighted by atomic mass is 35.5. The number of nitriles is 1. The molecule has 1 aromatic rings. The maximum absolute atomic E-state index is 8.98. The number of hydrogen-bond donors (Lipinski definition) is 1. The Labute approximate surface area is 101 Å². The Morgan fingerprint density at radius 3 is 2.69 bits per heavy atom. The monoisotopic (exact) mass is 238 g/mol. The Morgan fingerprint density at radius 2 is 2.19 bits per heavy atom. The van der Waals surface area contributed by atoms with Crippen LogP contribution in [0, 0.1) is 11.3 Å². The van der Waals surface area contributed by atoms with Crippen molar-refractivity contribution in [2.24, 2.45) is 0 Å². The summed E-state index contributed by atoms with van der Waals surface area (Å²) in [7, 11) is 0. The van der Waals surface area contributed by atoms with Gasteiger partial charge in [0.25, 0.3) is 0 Å². The molecule has 0 spiro atoms. The van der Waals surface area contributed by atoms with Gasteiger partial charge in [-0.15, -0.1) is 0 Å². The summed E-state index contributed by atoms with van der Waals surface area (Å²) in [4.78, 5) is 2.02. The van der Waals surface area contributed by atoms with Gasteiger partial charge in [0.1, 0.15) is 0 Å². The topological polar surface area (TPSA) is 47.3 Å². The summed E-state index contributed by atoms with van der Waals surface area (Å²) in [5, 5.41) is 18.3. The standard InChI is InChI=1S/C12H15ClN2O/c1-2-5-15(6-7-16)12-4-3-10(9-14)8-11(12)13/h3-4,8,16H,2,5-7H2,1H3. The van der Waals surface area contributed by atoms with Gasteiger partial charge in [-0.3, -0.25) is 0 Å². The zero-order chi connectivity index (χ0) is 12.0. The first-order valence-corrected chi connectivity index (χ1v) is 5.66. The van der Waals surface area contributed by atoms with Crippen LogP contribution in [0.2, 0.25) is 5.02 Å². The summed E-state index contributed by atoms with van der Waals surface area (Å²) in [6.07, 6.45) is 0.982. The van der Waals surface area contributed by atoms with Gasteiger partial charge < -0.3 is 10.0 Å². The Morgan fingerprint density at radius 1 is 1.44 bits per heavy atom. The molecule has 0 fully saturated rings. The first-order chi connectivity index (χ1) is 7.72. The fraction of sp³-hybridized carbons (Fsp3) is 0.417. The third-order valence-corrected chi connectivity index (χ3v) is 2.58. The van der Waals surface area contributed by atoms with Crippen LogP contribution in [0.5, 0.6) is 0 Å². The minimum Gasteiger partial charge on any atom is -0.395 e. The van der Waals surface area contributed by atoms with Crippen LogP contribution >= 0.6 is 11.6 Å². The molecule has 0 unspecified atom stereocenters. The summed E-state index contributed by atoms with van der Waals surface area (Å²) in [5.41, 5.74) is 1.42. The molecule has 4 heteroatoms. The van der Waals surface area contributed by atoms with Crippen molar-refractivity contribution in [2.45, 2.75) is 13.3 Å². The lowest BCUT2D eigenvalue weighted by Gasteiger charge is -2.24. The van der Waals surface area contributed by atoms with Crippen LogP contribution in [-0.4, -0.2) is 24.8 Å². The molecule has 86 valence electrons. The Bertz CT molecular complexity index is 381. The zero-order valence-corrected chi connectivity index (χ0v) is 10.0. The minimum absolute atomic E-state index is 0.0936. The molecule has 0 aliphatic rings. The molecule has 0 atom stereocenters. The van der Waals surface area contributed by atoms with Crippen molar-refractivity contribution >= 4 is 17.3 Å². The van der Waals surface area contributed by atoms with Crippen LogP contribution < -0.4 is 4.90 Å². The molecule has 0 heterocycles. The van der Waals surface area contributed by atoms with Crippen molar-refractivity contribution < 1.29 is 5.11 Å². The molecule has 0 aliphatic carbocycles. The summed E-state index contributed by atoms with van der Waals surface area (Å²) in [5.74, 6) is 0. The van der Waals surface area contributed by atoms with Crippen molar-refractivity contribution in [1.29, 1.82) is 5.26 Å². The average molecular weight is 239 g/mol. The molecular formula is C12H15ClN2O. The molecule has 3 nitrogen and oxygen atoms in total. The predicted octanol–water partition coefficient (Wildman–Crippen LogP) is 2.42. The van der Waals surface area contributed by atoms with Gasteiger partial charge in [0.05, 0.1) is 28.9 Å². The van der Waals surface area contributed by atoms with Crippen LogP contribution in [0.1, 0.15) is 18.9 Å². The van der Waals surface area contributed by atoms with Gasteiger partial charge in [-0.25, -0.2) is 0 Å². The number of hydrogen-bond acceptors (Lipinski definition) is 3. The SMILES string of the molecule is CCCN(CCO)c1ccc(C#N)cc1Cl. The van der Waals surface area contributed by atoms with Crippen molar-refractivity contribution in [2.75, 3.05) is 24.6 Å². The predicted molar refractivity (Wildman–Crippen MR) is 65.8 cm³/mol. The van der Waals surface area contributed by atoms with Gasteiger partial charge in [0, 0.05) is 13.1 Å². The maximum Gasteiger partial charge on any atom is 0.0992 e. The lowest BCUT2D eigenvalue weighted by molar-refractivity contribution is 0.302. The van der Waals surface area contributed by atoms with Crippen molar-refractivity contribution in [1.82, 2.24) is 0 Å². The number of benzene rings is 1. The van der Waals surface area contributed by atoms with Gasteiger partial charge in [-0.05, 0) is 24.6 Å². The molecule has 0 radical (unpaired) electrons. The van der Waals surface area contributed by atoms with Crippen LogP contribution in [0.25, 0.3) is 0 Å².